The van der Waals surface area contributed by atoms with E-state index in [-0.39, 0.29) is 18.7 Å². The van der Waals surface area contributed by atoms with Crippen molar-refractivity contribution in [2.24, 2.45) is 0 Å². The van der Waals surface area contributed by atoms with Gasteiger partial charge >= 0.3 is 6.09 Å². The van der Waals surface area contributed by atoms with Gasteiger partial charge in [-0.1, -0.05) is 30.3 Å². The first-order valence-corrected chi connectivity index (χ1v) is 8.98. The molecule has 0 unspecified atom stereocenters. The second kappa shape index (κ2) is 7.76. The van der Waals surface area contributed by atoms with Crippen LogP contribution >= 0.6 is 0 Å². The van der Waals surface area contributed by atoms with Crippen molar-refractivity contribution in [2.75, 3.05) is 27.2 Å². The molecule has 1 heterocycles. The van der Waals surface area contributed by atoms with Gasteiger partial charge in [-0.05, 0) is 18.4 Å². The molecule has 1 aliphatic rings. The molecular formula is C15H23N3O4S. The number of carbonyl (C=O) groups is 1. The summed E-state index contributed by atoms with van der Waals surface area (Å²) in [5.41, 5.74) is 0.939. The van der Waals surface area contributed by atoms with Gasteiger partial charge in [-0.2, -0.15) is 17.4 Å². The van der Waals surface area contributed by atoms with Crippen LogP contribution in [0, 0.1) is 0 Å². The number of nitrogens with zero attached hydrogens (tertiary/aromatic N) is 2. The molecule has 1 N–H and O–H groups in total. The molecule has 0 bridgehead atoms. The van der Waals surface area contributed by atoms with Gasteiger partial charge in [0.25, 0.3) is 10.2 Å². The van der Waals surface area contributed by atoms with E-state index in [1.54, 1.807) is 4.90 Å². The van der Waals surface area contributed by atoms with Crippen LogP contribution in [0.3, 0.4) is 0 Å². The maximum atomic E-state index is 12.0. The summed E-state index contributed by atoms with van der Waals surface area (Å²) in [6.07, 6.45) is 0.795. The topological polar surface area (TPSA) is 79.0 Å². The van der Waals surface area contributed by atoms with Crippen molar-refractivity contribution < 1.29 is 17.9 Å². The van der Waals surface area contributed by atoms with Crippen molar-refractivity contribution in [3.63, 3.8) is 0 Å². The van der Waals surface area contributed by atoms with E-state index >= 15 is 0 Å². The molecule has 1 fully saturated rings. The second-order valence-electron chi connectivity index (χ2n) is 5.71. The SMILES string of the molecule is CN(C)S(=O)(=O)NC1CCN(C(=O)OCc2ccccc2)CC1. The molecule has 7 nitrogen and oxygen atoms in total. The number of nitrogens with one attached hydrogen (secondary N) is 1. The van der Waals surface area contributed by atoms with E-state index in [1.807, 2.05) is 30.3 Å². The molecule has 1 saturated heterocycles. The van der Waals surface area contributed by atoms with Crippen LogP contribution in [-0.4, -0.2) is 56.9 Å². The average molecular weight is 341 g/mol. The van der Waals surface area contributed by atoms with E-state index in [2.05, 4.69) is 4.72 Å². The van der Waals surface area contributed by atoms with Crippen LogP contribution in [0.5, 0.6) is 0 Å². The Balaban J connectivity index is 1.76. The normalized spacial score (nSPS) is 16.6. The fourth-order valence-electron chi connectivity index (χ4n) is 2.31. The van der Waals surface area contributed by atoms with E-state index in [1.165, 1.54) is 14.1 Å². The van der Waals surface area contributed by atoms with Crippen LogP contribution < -0.4 is 4.72 Å². The Bertz CT molecular complexity index is 611. The molecule has 0 atom stereocenters. The Hall–Kier alpha value is -1.64. The second-order valence-corrected chi connectivity index (χ2v) is 7.62. The summed E-state index contributed by atoms with van der Waals surface area (Å²) in [5.74, 6) is 0. The van der Waals surface area contributed by atoms with Crippen LogP contribution in [0.1, 0.15) is 18.4 Å². The Kier molecular flexibility index (Phi) is 5.97. The van der Waals surface area contributed by atoms with Gasteiger partial charge < -0.3 is 9.64 Å². The van der Waals surface area contributed by atoms with Crippen LogP contribution in [0.15, 0.2) is 30.3 Å². The van der Waals surface area contributed by atoms with Crippen molar-refractivity contribution in [1.82, 2.24) is 13.9 Å². The molecule has 128 valence electrons. The first-order valence-electron chi connectivity index (χ1n) is 7.54. The maximum Gasteiger partial charge on any atom is 0.410 e. The molecular weight excluding hydrogens is 318 g/mol. The van der Waals surface area contributed by atoms with Gasteiger partial charge in [-0.25, -0.2) is 4.79 Å². The van der Waals surface area contributed by atoms with Crippen molar-refractivity contribution >= 4 is 16.3 Å². The smallest absolute Gasteiger partial charge is 0.410 e. The minimum absolute atomic E-state index is 0.152. The van der Waals surface area contributed by atoms with Crippen molar-refractivity contribution in [3.05, 3.63) is 35.9 Å². The Morgan fingerprint density at radius 3 is 2.43 bits per heavy atom. The zero-order valence-electron chi connectivity index (χ0n) is 13.4. The highest BCUT2D eigenvalue weighted by atomic mass is 32.2. The molecule has 0 aliphatic carbocycles. The van der Waals surface area contributed by atoms with Gasteiger partial charge in [0.05, 0.1) is 0 Å². The molecule has 0 spiro atoms. The third-order valence-corrected chi connectivity index (χ3v) is 5.35. The van der Waals surface area contributed by atoms with Gasteiger partial charge in [0.15, 0.2) is 0 Å². The van der Waals surface area contributed by atoms with Gasteiger partial charge in [0.1, 0.15) is 6.61 Å². The van der Waals surface area contributed by atoms with Crippen molar-refractivity contribution in [2.45, 2.75) is 25.5 Å². The molecule has 0 radical (unpaired) electrons. The lowest BCUT2D eigenvalue weighted by molar-refractivity contribution is 0.0865. The van der Waals surface area contributed by atoms with Crippen molar-refractivity contribution in [3.8, 4) is 0 Å². The highest BCUT2D eigenvalue weighted by Gasteiger charge is 2.27. The minimum atomic E-state index is -3.43. The summed E-state index contributed by atoms with van der Waals surface area (Å²) >= 11 is 0. The number of piperidine rings is 1. The summed E-state index contributed by atoms with van der Waals surface area (Å²) in [7, 11) is -0.464. The monoisotopic (exact) mass is 341 g/mol. The van der Waals surface area contributed by atoms with Gasteiger partial charge in [0, 0.05) is 33.2 Å². The van der Waals surface area contributed by atoms with E-state index < -0.39 is 10.2 Å². The van der Waals surface area contributed by atoms with Gasteiger partial charge in [0.2, 0.25) is 0 Å². The molecule has 0 aromatic heterocycles. The van der Waals surface area contributed by atoms with Gasteiger partial charge in [-0.15, -0.1) is 0 Å². The van der Waals surface area contributed by atoms with E-state index in [4.69, 9.17) is 4.74 Å². The molecule has 0 saturated carbocycles. The Labute approximate surface area is 137 Å². The van der Waals surface area contributed by atoms with Gasteiger partial charge in [-0.3, -0.25) is 0 Å². The van der Waals surface area contributed by atoms with Crippen LogP contribution in [0.25, 0.3) is 0 Å². The van der Waals surface area contributed by atoms with Crippen molar-refractivity contribution in [1.29, 1.82) is 0 Å². The third kappa shape index (κ3) is 5.19. The number of ether oxygens (including phenoxy) is 1. The van der Waals surface area contributed by atoms with Crippen LogP contribution in [-0.2, 0) is 21.6 Å². The quantitative estimate of drug-likeness (QED) is 0.872. The minimum Gasteiger partial charge on any atom is -0.445 e. The molecule has 1 amide bonds. The number of amides is 1. The number of likely N-dealkylation sites (tertiary alicyclic amines) is 1. The fourth-order valence-corrected chi connectivity index (χ4v) is 3.17. The summed E-state index contributed by atoms with van der Waals surface area (Å²) < 4.78 is 32.6. The molecule has 1 aromatic rings. The zero-order chi connectivity index (χ0) is 16.9. The highest BCUT2D eigenvalue weighted by Crippen LogP contribution is 2.13. The first kappa shape index (κ1) is 17.7. The number of rotatable bonds is 5. The Morgan fingerprint density at radius 2 is 1.87 bits per heavy atom. The Morgan fingerprint density at radius 1 is 1.26 bits per heavy atom. The third-order valence-electron chi connectivity index (χ3n) is 3.75. The maximum absolute atomic E-state index is 12.0. The molecule has 1 aliphatic heterocycles. The lowest BCUT2D eigenvalue weighted by Crippen LogP contribution is -2.49. The number of benzene rings is 1. The summed E-state index contributed by atoms with van der Waals surface area (Å²) in [6.45, 7) is 1.20. The van der Waals surface area contributed by atoms with E-state index in [0.717, 1.165) is 9.87 Å². The number of carbonyl (C=O) groups excluding carboxylic acids is 1. The molecule has 1 aromatic carbocycles. The van der Waals surface area contributed by atoms with E-state index in [9.17, 15) is 13.2 Å². The lowest BCUT2D eigenvalue weighted by atomic mass is 10.1. The van der Waals surface area contributed by atoms with E-state index in [0.29, 0.717) is 25.9 Å². The first-order chi connectivity index (χ1) is 10.9. The lowest BCUT2D eigenvalue weighted by Gasteiger charge is -2.32. The average Bonchev–Trinajstić information content (AvgIpc) is 2.54. The van der Waals surface area contributed by atoms with Crippen LogP contribution in [0.4, 0.5) is 4.79 Å². The molecule has 23 heavy (non-hydrogen) atoms. The zero-order valence-corrected chi connectivity index (χ0v) is 14.3. The number of hydrogen-bond donors (Lipinski definition) is 1. The highest BCUT2D eigenvalue weighted by molar-refractivity contribution is 7.87. The van der Waals surface area contributed by atoms with Crippen LogP contribution in [0.2, 0.25) is 0 Å². The summed E-state index contributed by atoms with van der Waals surface area (Å²) in [4.78, 5) is 13.6. The predicted molar refractivity (Wildman–Crippen MR) is 87.0 cm³/mol. The fraction of sp³-hybridized carbons (Fsp3) is 0.533. The molecule has 2 rings (SSSR count). The summed E-state index contributed by atoms with van der Waals surface area (Å²) in [5, 5.41) is 0. The number of hydrogen-bond acceptors (Lipinski definition) is 4. The molecule has 8 heteroatoms. The largest absolute Gasteiger partial charge is 0.445 e. The summed E-state index contributed by atoms with van der Waals surface area (Å²) in [6, 6.07) is 9.34. The standard InChI is InChI=1S/C15H23N3O4S/c1-17(2)23(20,21)16-14-8-10-18(11-9-14)15(19)22-12-13-6-4-3-5-7-13/h3-7,14,16H,8-12H2,1-2H3. The predicted octanol–water partition coefficient (Wildman–Crippen LogP) is 1.18.